The quantitative estimate of drug-likeness (QED) is 0.700. The van der Waals surface area contributed by atoms with Crippen molar-refractivity contribution >= 4 is 16.9 Å². The molecule has 0 radical (unpaired) electrons. The fraction of sp³-hybridized carbons (Fsp3) is 0.250. The topological polar surface area (TPSA) is 76.8 Å². The number of hydrogen-bond acceptors (Lipinski definition) is 5. The van der Waals surface area contributed by atoms with Crippen LogP contribution < -0.4 is 0 Å². The third-order valence-electron chi connectivity index (χ3n) is 4.41. The van der Waals surface area contributed by atoms with Crippen molar-refractivity contribution in [1.82, 2.24) is 19.6 Å². The largest absolute Gasteiger partial charge is 0.349 e. The van der Waals surface area contributed by atoms with Crippen LogP contribution >= 0.6 is 0 Å². The van der Waals surface area contributed by atoms with Gasteiger partial charge in [-0.3, -0.25) is 4.99 Å². The molecule has 0 unspecified atom stereocenters. The van der Waals surface area contributed by atoms with Gasteiger partial charge in [-0.15, -0.1) is 0 Å². The number of allylic oxidation sites excluding steroid dienone is 3. The zero-order valence-corrected chi connectivity index (χ0v) is 15.5. The van der Waals surface area contributed by atoms with Crippen LogP contribution in [0.1, 0.15) is 31.2 Å². The first kappa shape index (κ1) is 17.4. The van der Waals surface area contributed by atoms with Gasteiger partial charge < -0.3 is 14.5 Å². The smallest absolute Gasteiger partial charge is 0.216 e. The number of ether oxygens (including phenoxy) is 2. The molecule has 0 amide bonds. The van der Waals surface area contributed by atoms with Gasteiger partial charge in [-0.2, -0.15) is 5.10 Å². The first-order valence-electron chi connectivity index (χ1n) is 8.71. The van der Waals surface area contributed by atoms with Crippen molar-refractivity contribution in [3.63, 3.8) is 0 Å². The second-order valence-electron chi connectivity index (χ2n) is 6.25. The Morgan fingerprint density at radius 2 is 2.07 bits per heavy atom. The molecule has 1 aliphatic rings. The molecule has 4 rings (SSSR count). The number of aromatic nitrogens is 4. The number of pyridine rings is 1. The summed E-state index contributed by atoms with van der Waals surface area (Å²) in [6, 6.07) is 6.00. The van der Waals surface area contributed by atoms with Gasteiger partial charge in [0, 0.05) is 37.9 Å². The molecule has 0 atom stereocenters. The van der Waals surface area contributed by atoms with E-state index in [4.69, 9.17) is 19.5 Å². The van der Waals surface area contributed by atoms with Crippen LogP contribution in [-0.4, -0.2) is 39.5 Å². The first-order chi connectivity index (χ1) is 13.2. The molecule has 0 fully saturated rings. The summed E-state index contributed by atoms with van der Waals surface area (Å²) in [6.07, 6.45) is 10.1. The summed E-state index contributed by atoms with van der Waals surface area (Å²) < 4.78 is 12.6. The molecule has 3 aromatic rings. The van der Waals surface area contributed by atoms with Crippen molar-refractivity contribution in [1.29, 1.82) is 0 Å². The van der Waals surface area contributed by atoms with Gasteiger partial charge in [0.15, 0.2) is 5.82 Å². The molecule has 7 heteroatoms. The maximum atomic E-state index is 5.38. The third-order valence-corrected chi connectivity index (χ3v) is 4.41. The molecule has 1 N–H and O–H groups in total. The van der Waals surface area contributed by atoms with Crippen LogP contribution in [-0.2, 0) is 9.47 Å². The summed E-state index contributed by atoms with van der Waals surface area (Å²) in [5, 5.41) is 4.26. The van der Waals surface area contributed by atoms with Crippen LogP contribution in [0.4, 0.5) is 0 Å². The van der Waals surface area contributed by atoms with Gasteiger partial charge in [-0.1, -0.05) is 12.2 Å². The summed E-state index contributed by atoms with van der Waals surface area (Å²) in [6.45, 7) is 1.98. The average Bonchev–Trinajstić information content (AvgIpc) is 3.26. The Bertz CT molecular complexity index is 1050. The number of H-pyrrole nitrogens is 1. The normalized spacial score (nSPS) is 14.5. The zero-order chi connectivity index (χ0) is 18.8. The molecule has 0 saturated heterocycles. The number of aliphatic imine (C=N–C) groups is 1. The predicted octanol–water partition coefficient (Wildman–Crippen LogP) is 3.78. The Kier molecular flexibility index (Phi) is 4.70. The van der Waals surface area contributed by atoms with E-state index in [2.05, 4.69) is 28.3 Å². The van der Waals surface area contributed by atoms with Crippen LogP contribution in [0.5, 0.6) is 0 Å². The van der Waals surface area contributed by atoms with E-state index in [9.17, 15) is 0 Å². The molecular formula is C20H21N5O2. The summed E-state index contributed by atoms with van der Waals surface area (Å²) >= 11 is 0. The zero-order valence-electron chi connectivity index (χ0n) is 15.5. The Balaban J connectivity index is 1.88. The van der Waals surface area contributed by atoms with Crippen molar-refractivity contribution < 1.29 is 9.47 Å². The summed E-state index contributed by atoms with van der Waals surface area (Å²) in [5.74, 6) is 0.601. The van der Waals surface area contributed by atoms with Gasteiger partial charge in [0.25, 0.3) is 0 Å². The molecular weight excluding hydrogens is 342 g/mol. The summed E-state index contributed by atoms with van der Waals surface area (Å²) in [5.41, 5.74) is 5.41. The number of hydrogen-bond donors (Lipinski definition) is 1. The Hall–Kier alpha value is -3.03. The molecule has 0 spiro atoms. The van der Waals surface area contributed by atoms with E-state index < -0.39 is 6.29 Å². The van der Waals surface area contributed by atoms with Gasteiger partial charge >= 0.3 is 0 Å². The van der Waals surface area contributed by atoms with Crippen LogP contribution in [0, 0.1) is 0 Å². The SMILES string of the molecule is COC(OC)c1nc(-c2ccn3nccc3c2)c(C2=CCC=CC(C)=N2)[nH]1. The molecule has 27 heavy (non-hydrogen) atoms. The van der Waals surface area contributed by atoms with Gasteiger partial charge in [-0.05, 0) is 37.6 Å². The molecule has 3 aromatic heterocycles. The van der Waals surface area contributed by atoms with E-state index in [0.29, 0.717) is 5.82 Å². The van der Waals surface area contributed by atoms with Crippen molar-refractivity contribution in [3.8, 4) is 11.3 Å². The van der Waals surface area contributed by atoms with E-state index in [1.807, 2.05) is 35.8 Å². The Morgan fingerprint density at radius 3 is 2.89 bits per heavy atom. The van der Waals surface area contributed by atoms with Gasteiger partial charge in [-0.25, -0.2) is 9.50 Å². The molecule has 7 nitrogen and oxygen atoms in total. The maximum absolute atomic E-state index is 5.38. The second kappa shape index (κ2) is 7.30. The van der Waals surface area contributed by atoms with Crippen molar-refractivity contribution in [2.45, 2.75) is 19.6 Å². The Labute approximate surface area is 157 Å². The van der Waals surface area contributed by atoms with Crippen LogP contribution in [0.15, 0.2) is 53.8 Å². The van der Waals surface area contributed by atoms with Crippen molar-refractivity contribution in [2.24, 2.45) is 4.99 Å². The molecule has 138 valence electrons. The fourth-order valence-corrected chi connectivity index (χ4v) is 3.14. The first-order valence-corrected chi connectivity index (χ1v) is 8.71. The molecule has 0 saturated carbocycles. The number of rotatable bonds is 5. The number of methoxy groups -OCH3 is 2. The highest BCUT2D eigenvalue weighted by Gasteiger charge is 2.21. The van der Waals surface area contributed by atoms with Crippen LogP contribution in [0.25, 0.3) is 22.5 Å². The average molecular weight is 363 g/mol. The fourth-order valence-electron chi connectivity index (χ4n) is 3.14. The van der Waals surface area contributed by atoms with Gasteiger partial charge in [0.05, 0.1) is 22.6 Å². The summed E-state index contributed by atoms with van der Waals surface area (Å²) in [4.78, 5) is 12.9. The lowest BCUT2D eigenvalue weighted by Gasteiger charge is -2.09. The Morgan fingerprint density at radius 1 is 1.22 bits per heavy atom. The number of nitrogens with one attached hydrogen (secondary N) is 1. The molecule has 0 aliphatic carbocycles. The van der Waals surface area contributed by atoms with Crippen molar-refractivity contribution in [3.05, 3.63) is 60.3 Å². The van der Waals surface area contributed by atoms with E-state index in [1.165, 1.54) is 0 Å². The monoisotopic (exact) mass is 363 g/mol. The highest BCUT2D eigenvalue weighted by molar-refractivity contribution is 5.98. The lowest BCUT2D eigenvalue weighted by molar-refractivity contribution is -0.111. The second-order valence-corrected chi connectivity index (χ2v) is 6.25. The minimum Gasteiger partial charge on any atom is -0.349 e. The molecule has 4 heterocycles. The lowest BCUT2D eigenvalue weighted by Crippen LogP contribution is -2.05. The van der Waals surface area contributed by atoms with Crippen LogP contribution in [0.3, 0.4) is 0 Å². The number of nitrogens with zero attached hydrogens (tertiary/aromatic N) is 4. The van der Waals surface area contributed by atoms with Crippen LogP contribution in [0.2, 0.25) is 0 Å². The van der Waals surface area contributed by atoms with E-state index >= 15 is 0 Å². The highest BCUT2D eigenvalue weighted by atomic mass is 16.7. The van der Waals surface area contributed by atoms with E-state index in [1.54, 1.807) is 20.4 Å². The number of imidazole rings is 1. The summed E-state index contributed by atoms with van der Waals surface area (Å²) in [7, 11) is 3.18. The third kappa shape index (κ3) is 3.34. The molecule has 0 bridgehead atoms. The minimum atomic E-state index is -0.578. The van der Waals surface area contributed by atoms with E-state index in [0.717, 1.165) is 40.3 Å². The number of aromatic amines is 1. The minimum absolute atomic E-state index is 0.578. The van der Waals surface area contributed by atoms with Gasteiger partial charge in [0.2, 0.25) is 6.29 Å². The number of fused-ring (bicyclic) bond motifs is 1. The molecule has 1 aliphatic heterocycles. The van der Waals surface area contributed by atoms with Crippen molar-refractivity contribution in [2.75, 3.05) is 14.2 Å². The molecule has 0 aromatic carbocycles. The maximum Gasteiger partial charge on any atom is 0.216 e. The predicted molar refractivity (Wildman–Crippen MR) is 104 cm³/mol. The standard InChI is InChI=1S/C20H21N5O2/c1-13-6-4-5-7-16(22-13)18-17(23-19(24-18)20(26-2)27-3)14-9-11-25-15(12-14)8-10-21-25/h4,6-12,20H,5H2,1-3H3,(H,23,24). The van der Waals surface area contributed by atoms with Gasteiger partial charge in [0.1, 0.15) is 0 Å². The van der Waals surface area contributed by atoms with E-state index in [-0.39, 0.29) is 0 Å². The lowest BCUT2D eigenvalue weighted by atomic mass is 10.1. The highest BCUT2D eigenvalue weighted by Crippen LogP contribution is 2.31.